The smallest absolute Gasteiger partial charge is 0.240 e. The molecule has 1 heterocycles. The number of ether oxygens (including phenoxy) is 1. The molecule has 21 heavy (non-hydrogen) atoms. The average Bonchev–Trinajstić information content (AvgIpc) is 2.45. The highest BCUT2D eigenvalue weighted by Crippen LogP contribution is 2.18. The van der Waals surface area contributed by atoms with Gasteiger partial charge in [-0.05, 0) is 31.2 Å². The number of benzene rings is 1. The maximum atomic E-state index is 12.4. The Morgan fingerprint density at radius 3 is 2.90 bits per heavy atom. The fraction of sp³-hybridized carbons (Fsp3) is 0.571. The molecule has 0 bridgehead atoms. The van der Waals surface area contributed by atoms with Gasteiger partial charge in [0.05, 0.1) is 17.6 Å². The SMILES string of the molecule is Cc1c(CN)cccc1S(=O)(=O)NCC1CN(C)CCO1. The molecule has 0 radical (unpaired) electrons. The number of hydrogen-bond donors (Lipinski definition) is 2. The number of nitrogens with zero attached hydrogens (tertiary/aromatic N) is 1. The van der Waals surface area contributed by atoms with Crippen molar-refractivity contribution in [3.05, 3.63) is 29.3 Å². The molecule has 0 saturated carbocycles. The standard InChI is InChI=1S/C14H23N3O3S/c1-11-12(8-15)4-3-5-14(11)21(18,19)16-9-13-10-17(2)6-7-20-13/h3-5,13,16H,6-10,15H2,1-2H3. The Kier molecular flexibility index (Phi) is 5.34. The van der Waals surface area contributed by atoms with Crippen molar-refractivity contribution in [3.8, 4) is 0 Å². The Hall–Kier alpha value is -0.990. The highest BCUT2D eigenvalue weighted by molar-refractivity contribution is 7.89. The second-order valence-electron chi connectivity index (χ2n) is 5.35. The zero-order valence-corrected chi connectivity index (χ0v) is 13.3. The zero-order valence-electron chi connectivity index (χ0n) is 12.5. The van der Waals surface area contributed by atoms with Crippen molar-refractivity contribution in [3.63, 3.8) is 0 Å². The van der Waals surface area contributed by atoms with E-state index in [1.54, 1.807) is 19.1 Å². The summed E-state index contributed by atoms with van der Waals surface area (Å²) in [5.41, 5.74) is 7.17. The van der Waals surface area contributed by atoms with E-state index in [1.807, 2.05) is 13.1 Å². The van der Waals surface area contributed by atoms with Crippen LogP contribution in [0.3, 0.4) is 0 Å². The molecular weight excluding hydrogens is 290 g/mol. The molecular formula is C14H23N3O3S. The lowest BCUT2D eigenvalue weighted by Gasteiger charge is -2.30. The number of nitrogens with one attached hydrogen (secondary N) is 1. The van der Waals surface area contributed by atoms with Crippen molar-refractivity contribution >= 4 is 10.0 Å². The van der Waals surface area contributed by atoms with E-state index in [2.05, 4.69) is 9.62 Å². The number of nitrogens with two attached hydrogens (primary N) is 1. The minimum absolute atomic E-state index is 0.114. The summed E-state index contributed by atoms with van der Waals surface area (Å²) in [5, 5.41) is 0. The largest absolute Gasteiger partial charge is 0.374 e. The molecule has 1 aliphatic heterocycles. The van der Waals surface area contributed by atoms with Gasteiger partial charge in [0.25, 0.3) is 0 Å². The lowest BCUT2D eigenvalue weighted by Crippen LogP contribution is -2.45. The number of morpholine rings is 1. The molecule has 0 amide bonds. The third-order valence-corrected chi connectivity index (χ3v) is 5.32. The molecule has 0 aliphatic carbocycles. The summed E-state index contributed by atoms with van der Waals surface area (Å²) < 4.78 is 33.1. The molecule has 1 saturated heterocycles. The van der Waals surface area contributed by atoms with E-state index >= 15 is 0 Å². The van der Waals surface area contributed by atoms with Gasteiger partial charge in [0.15, 0.2) is 0 Å². The maximum Gasteiger partial charge on any atom is 0.240 e. The van der Waals surface area contributed by atoms with Crippen LogP contribution in [0, 0.1) is 6.92 Å². The lowest BCUT2D eigenvalue weighted by molar-refractivity contribution is -0.0156. The highest BCUT2D eigenvalue weighted by Gasteiger charge is 2.22. The molecule has 1 aromatic carbocycles. The summed E-state index contributed by atoms with van der Waals surface area (Å²) >= 11 is 0. The van der Waals surface area contributed by atoms with Gasteiger partial charge in [0.1, 0.15) is 0 Å². The van der Waals surface area contributed by atoms with Crippen molar-refractivity contribution < 1.29 is 13.2 Å². The molecule has 1 unspecified atom stereocenters. The van der Waals surface area contributed by atoms with Gasteiger partial charge in [-0.15, -0.1) is 0 Å². The first-order chi connectivity index (χ1) is 9.94. The molecule has 0 spiro atoms. The van der Waals surface area contributed by atoms with Crippen molar-refractivity contribution in [1.29, 1.82) is 0 Å². The summed E-state index contributed by atoms with van der Waals surface area (Å²) in [7, 11) is -1.55. The first kappa shape index (κ1) is 16.4. The molecule has 1 atom stereocenters. The topological polar surface area (TPSA) is 84.7 Å². The van der Waals surface area contributed by atoms with E-state index in [4.69, 9.17) is 10.5 Å². The van der Waals surface area contributed by atoms with Crippen LogP contribution < -0.4 is 10.5 Å². The minimum atomic E-state index is -3.54. The Labute approximate surface area is 126 Å². The monoisotopic (exact) mass is 313 g/mol. The second-order valence-corrected chi connectivity index (χ2v) is 7.09. The molecule has 1 aliphatic rings. The van der Waals surface area contributed by atoms with Crippen LogP contribution in [0.25, 0.3) is 0 Å². The molecule has 6 nitrogen and oxygen atoms in total. The molecule has 1 fully saturated rings. The Bertz CT molecular complexity index is 589. The Morgan fingerprint density at radius 2 is 2.24 bits per heavy atom. The molecule has 0 aromatic heterocycles. The zero-order chi connectivity index (χ0) is 15.5. The summed E-state index contributed by atoms with van der Waals surface area (Å²) in [6.45, 7) is 4.61. The van der Waals surface area contributed by atoms with Gasteiger partial charge in [0, 0.05) is 26.2 Å². The lowest BCUT2D eigenvalue weighted by atomic mass is 10.1. The van der Waals surface area contributed by atoms with Crippen LogP contribution >= 0.6 is 0 Å². The Balaban J connectivity index is 2.08. The predicted octanol–water partition coefficient (Wildman–Crippen LogP) is 0.0626. The summed E-state index contributed by atoms with van der Waals surface area (Å²) in [6, 6.07) is 5.16. The molecule has 7 heteroatoms. The Morgan fingerprint density at radius 1 is 1.48 bits per heavy atom. The van der Waals surface area contributed by atoms with Crippen LogP contribution in [0.15, 0.2) is 23.1 Å². The van der Waals surface area contributed by atoms with Crippen molar-refractivity contribution in [2.45, 2.75) is 24.5 Å². The van der Waals surface area contributed by atoms with E-state index in [0.29, 0.717) is 18.7 Å². The third-order valence-electron chi connectivity index (χ3n) is 3.75. The van der Waals surface area contributed by atoms with Gasteiger partial charge in [-0.1, -0.05) is 12.1 Å². The van der Waals surface area contributed by atoms with Crippen LogP contribution in [-0.4, -0.2) is 52.7 Å². The number of likely N-dealkylation sites (N-methyl/N-ethyl adjacent to an activating group) is 1. The van der Waals surface area contributed by atoms with Crippen LogP contribution in [0.4, 0.5) is 0 Å². The fourth-order valence-electron chi connectivity index (χ4n) is 2.44. The van der Waals surface area contributed by atoms with Gasteiger partial charge < -0.3 is 15.4 Å². The van der Waals surface area contributed by atoms with Gasteiger partial charge >= 0.3 is 0 Å². The number of hydrogen-bond acceptors (Lipinski definition) is 5. The number of rotatable bonds is 5. The first-order valence-corrected chi connectivity index (χ1v) is 8.50. The van der Waals surface area contributed by atoms with E-state index in [-0.39, 0.29) is 17.5 Å². The van der Waals surface area contributed by atoms with E-state index < -0.39 is 10.0 Å². The summed E-state index contributed by atoms with van der Waals surface area (Å²) in [4.78, 5) is 2.41. The average molecular weight is 313 g/mol. The predicted molar refractivity (Wildman–Crippen MR) is 81.5 cm³/mol. The van der Waals surface area contributed by atoms with Gasteiger partial charge in [-0.25, -0.2) is 13.1 Å². The maximum absolute atomic E-state index is 12.4. The quantitative estimate of drug-likeness (QED) is 0.803. The number of sulfonamides is 1. The fourth-order valence-corrected chi connectivity index (χ4v) is 3.80. The van der Waals surface area contributed by atoms with E-state index in [1.165, 1.54) is 0 Å². The van der Waals surface area contributed by atoms with Crippen molar-refractivity contribution in [2.24, 2.45) is 5.73 Å². The summed E-state index contributed by atoms with van der Waals surface area (Å²) in [6.07, 6.45) is -0.114. The third kappa shape index (κ3) is 4.02. The van der Waals surface area contributed by atoms with Gasteiger partial charge in [0.2, 0.25) is 10.0 Å². The highest BCUT2D eigenvalue weighted by atomic mass is 32.2. The van der Waals surface area contributed by atoms with Crippen LogP contribution in [0.2, 0.25) is 0 Å². The van der Waals surface area contributed by atoms with Gasteiger partial charge in [-0.2, -0.15) is 0 Å². The van der Waals surface area contributed by atoms with E-state index in [9.17, 15) is 8.42 Å². The second kappa shape index (κ2) is 6.85. The van der Waals surface area contributed by atoms with Crippen LogP contribution in [0.5, 0.6) is 0 Å². The first-order valence-electron chi connectivity index (χ1n) is 7.02. The molecule has 118 valence electrons. The molecule has 3 N–H and O–H groups in total. The minimum Gasteiger partial charge on any atom is -0.374 e. The van der Waals surface area contributed by atoms with Crippen molar-refractivity contribution in [2.75, 3.05) is 33.3 Å². The van der Waals surface area contributed by atoms with E-state index in [0.717, 1.165) is 18.7 Å². The van der Waals surface area contributed by atoms with Crippen LogP contribution in [0.1, 0.15) is 11.1 Å². The molecule has 2 rings (SSSR count). The van der Waals surface area contributed by atoms with Crippen LogP contribution in [-0.2, 0) is 21.3 Å². The van der Waals surface area contributed by atoms with Gasteiger partial charge in [-0.3, -0.25) is 0 Å². The molecule has 1 aromatic rings. The summed E-state index contributed by atoms with van der Waals surface area (Å²) in [5.74, 6) is 0. The van der Waals surface area contributed by atoms with Crippen molar-refractivity contribution in [1.82, 2.24) is 9.62 Å². The normalized spacial score (nSPS) is 20.6.